The van der Waals surface area contributed by atoms with Crippen molar-refractivity contribution in [3.63, 3.8) is 0 Å². The third kappa shape index (κ3) is 3.89. The van der Waals surface area contributed by atoms with Crippen molar-refractivity contribution < 1.29 is 18.4 Å². The Bertz CT molecular complexity index is 603. The second-order valence-corrected chi connectivity index (χ2v) is 6.76. The lowest BCUT2D eigenvalue weighted by atomic mass is 10.3. The lowest BCUT2D eigenvalue weighted by Crippen LogP contribution is -2.29. The number of nitrogens with zero attached hydrogens (tertiary/aromatic N) is 2. The molecule has 0 saturated carbocycles. The first kappa shape index (κ1) is 16.8. The van der Waals surface area contributed by atoms with Crippen LogP contribution in [-0.4, -0.2) is 42.4 Å². The number of halogens is 1. The van der Waals surface area contributed by atoms with Gasteiger partial charge in [0.25, 0.3) is 5.69 Å². The zero-order valence-corrected chi connectivity index (χ0v) is 12.6. The van der Waals surface area contributed by atoms with Crippen LogP contribution in [0.15, 0.2) is 23.1 Å². The van der Waals surface area contributed by atoms with E-state index in [9.17, 15) is 18.5 Å². The van der Waals surface area contributed by atoms with Gasteiger partial charge in [-0.1, -0.05) is 11.6 Å². The SMILES string of the molecule is CC(O)CCN(C)S(=O)(=O)c1ccc([N+](=O)[O-])cc1Cl. The summed E-state index contributed by atoms with van der Waals surface area (Å²) in [6, 6.07) is 3.19. The molecule has 0 saturated heterocycles. The van der Waals surface area contributed by atoms with Gasteiger partial charge in [0.1, 0.15) is 4.90 Å². The van der Waals surface area contributed by atoms with Crippen molar-refractivity contribution in [3.8, 4) is 0 Å². The van der Waals surface area contributed by atoms with Crippen LogP contribution in [0, 0.1) is 10.1 Å². The molecule has 20 heavy (non-hydrogen) atoms. The molecule has 1 rings (SSSR count). The number of sulfonamides is 1. The number of nitro benzene ring substituents is 1. The number of nitro groups is 1. The van der Waals surface area contributed by atoms with Crippen LogP contribution in [-0.2, 0) is 10.0 Å². The zero-order valence-electron chi connectivity index (χ0n) is 11.0. The molecule has 112 valence electrons. The van der Waals surface area contributed by atoms with E-state index in [1.807, 2.05) is 0 Å². The molecule has 1 atom stereocenters. The van der Waals surface area contributed by atoms with Gasteiger partial charge in [-0.25, -0.2) is 12.7 Å². The van der Waals surface area contributed by atoms with E-state index < -0.39 is 21.1 Å². The van der Waals surface area contributed by atoms with Crippen LogP contribution in [0.4, 0.5) is 5.69 Å². The second kappa shape index (κ2) is 6.49. The standard InChI is InChI=1S/C11H15ClN2O5S/c1-8(15)5-6-13(2)20(18,19)11-4-3-9(14(16)17)7-10(11)12/h3-4,7-8,15H,5-6H2,1-2H3. The number of aliphatic hydroxyl groups is 1. The van der Waals surface area contributed by atoms with Crippen molar-refractivity contribution in [3.05, 3.63) is 33.3 Å². The maximum Gasteiger partial charge on any atom is 0.271 e. The molecular formula is C11H15ClN2O5S. The van der Waals surface area contributed by atoms with Gasteiger partial charge in [0, 0.05) is 25.7 Å². The van der Waals surface area contributed by atoms with Gasteiger partial charge < -0.3 is 5.11 Å². The van der Waals surface area contributed by atoms with Crippen LogP contribution in [0.5, 0.6) is 0 Å². The molecule has 0 fully saturated rings. The number of hydrogen-bond donors (Lipinski definition) is 1. The average molecular weight is 323 g/mol. The minimum atomic E-state index is -3.84. The molecule has 0 aliphatic rings. The van der Waals surface area contributed by atoms with E-state index >= 15 is 0 Å². The summed E-state index contributed by atoms with van der Waals surface area (Å²) in [5.74, 6) is 0. The van der Waals surface area contributed by atoms with E-state index in [0.717, 1.165) is 22.5 Å². The Morgan fingerprint density at radius 1 is 1.50 bits per heavy atom. The molecule has 0 amide bonds. The Kier molecular flexibility index (Phi) is 5.46. The first-order valence-electron chi connectivity index (χ1n) is 5.74. The van der Waals surface area contributed by atoms with Crippen LogP contribution in [0.1, 0.15) is 13.3 Å². The van der Waals surface area contributed by atoms with E-state index in [4.69, 9.17) is 16.7 Å². The second-order valence-electron chi connectivity index (χ2n) is 4.34. The van der Waals surface area contributed by atoms with Gasteiger partial charge in [0.15, 0.2) is 0 Å². The van der Waals surface area contributed by atoms with E-state index in [-0.39, 0.29) is 28.6 Å². The minimum absolute atomic E-state index is 0.118. The smallest absolute Gasteiger partial charge is 0.271 e. The predicted molar refractivity (Wildman–Crippen MR) is 74.2 cm³/mol. The van der Waals surface area contributed by atoms with E-state index in [1.165, 1.54) is 7.05 Å². The molecule has 0 aliphatic carbocycles. The van der Waals surface area contributed by atoms with E-state index in [0.29, 0.717) is 0 Å². The van der Waals surface area contributed by atoms with E-state index in [1.54, 1.807) is 6.92 Å². The molecule has 9 heteroatoms. The van der Waals surface area contributed by atoms with Crippen LogP contribution in [0.25, 0.3) is 0 Å². The summed E-state index contributed by atoms with van der Waals surface area (Å²) in [6.45, 7) is 1.67. The monoisotopic (exact) mass is 322 g/mol. The highest BCUT2D eigenvalue weighted by Crippen LogP contribution is 2.28. The fourth-order valence-electron chi connectivity index (χ4n) is 1.47. The molecule has 0 aliphatic heterocycles. The number of hydrogen-bond acceptors (Lipinski definition) is 5. The number of rotatable bonds is 6. The van der Waals surface area contributed by atoms with E-state index in [2.05, 4.69) is 0 Å². The third-order valence-corrected chi connectivity index (χ3v) is 5.02. The quantitative estimate of drug-likeness (QED) is 0.633. The van der Waals surface area contributed by atoms with Crippen molar-refractivity contribution in [2.45, 2.75) is 24.3 Å². The van der Waals surface area contributed by atoms with Gasteiger partial charge in [0.05, 0.1) is 16.0 Å². The molecular weight excluding hydrogens is 308 g/mol. The molecule has 1 aromatic rings. The third-order valence-electron chi connectivity index (χ3n) is 2.68. The van der Waals surface area contributed by atoms with Gasteiger partial charge in [-0.2, -0.15) is 0 Å². The lowest BCUT2D eigenvalue weighted by molar-refractivity contribution is -0.384. The van der Waals surface area contributed by atoms with Crippen molar-refractivity contribution in [2.75, 3.05) is 13.6 Å². The zero-order chi connectivity index (χ0) is 15.5. The summed E-state index contributed by atoms with van der Waals surface area (Å²) in [6.07, 6.45) is -0.347. The maximum atomic E-state index is 12.2. The van der Waals surface area contributed by atoms with Gasteiger partial charge in [0.2, 0.25) is 10.0 Å². The van der Waals surface area contributed by atoms with Gasteiger partial charge in [-0.3, -0.25) is 10.1 Å². The van der Waals surface area contributed by atoms with Crippen LogP contribution >= 0.6 is 11.6 Å². The van der Waals surface area contributed by atoms with Gasteiger partial charge >= 0.3 is 0 Å². The lowest BCUT2D eigenvalue weighted by Gasteiger charge is -2.18. The molecule has 0 spiro atoms. The summed E-state index contributed by atoms with van der Waals surface area (Å²) in [7, 11) is -2.48. The summed E-state index contributed by atoms with van der Waals surface area (Å²) in [4.78, 5) is 9.73. The van der Waals surface area contributed by atoms with Crippen molar-refractivity contribution >= 4 is 27.3 Å². The highest BCUT2D eigenvalue weighted by atomic mass is 35.5. The Morgan fingerprint density at radius 3 is 2.55 bits per heavy atom. The molecule has 1 N–H and O–H groups in total. The Balaban J connectivity index is 3.06. The first-order chi connectivity index (χ1) is 9.16. The van der Waals surface area contributed by atoms with Gasteiger partial charge in [-0.15, -0.1) is 0 Å². The summed E-state index contributed by atoms with van der Waals surface area (Å²) in [5.41, 5.74) is -0.277. The van der Waals surface area contributed by atoms with Gasteiger partial charge in [-0.05, 0) is 19.4 Å². The topological polar surface area (TPSA) is 101 Å². The fraction of sp³-hybridized carbons (Fsp3) is 0.455. The van der Waals surface area contributed by atoms with Crippen LogP contribution in [0.2, 0.25) is 5.02 Å². The molecule has 7 nitrogen and oxygen atoms in total. The normalized spacial score (nSPS) is 13.4. The Labute approximate surface area is 122 Å². The fourth-order valence-corrected chi connectivity index (χ4v) is 3.16. The molecule has 0 bridgehead atoms. The van der Waals surface area contributed by atoms with Crippen molar-refractivity contribution in [1.82, 2.24) is 4.31 Å². The Hall–Kier alpha value is -1.22. The predicted octanol–water partition coefficient (Wildman–Crippen LogP) is 1.64. The number of aliphatic hydroxyl groups excluding tert-OH is 1. The first-order valence-corrected chi connectivity index (χ1v) is 7.56. The molecule has 0 heterocycles. The molecule has 0 radical (unpaired) electrons. The molecule has 0 aromatic heterocycles. The van der Waals surface area contributed by atoms with Crippen LogP contribution < -0.4 is 0 Å². The number of benzene rings is 1. The highest BCUT2D eigenvalue weighted by molar-refractivity contribution is 7.89. The van der Waals surface area contributed by atoms with Crippen molar-refractivity contribution in [2.24, 2.45) is 0 Å². The Morgan fingerprint density at radius 2 is 2.10 bits per heavy atom. The maximum absolute atomic E-state index is 12.2. The minimum Gasteiger partial charge on any atom is -0.393 e. The van der Waals surface area contributed by atoms with Crippen molar-refractivity contribution in [1.29, 1.82) is 0 Å². The molecule has 1 unspecified atom stereocenters. The summed E-state index contributed by atoms with van der Waals surface area (Å²) < 4.78 is 25.5. The largest absolute Gasteiger partial charge is 0.393 e. The highest BCUT2D eigenvalue weighted by Gasteiger charge is 2.25. The summed E-state index contributed by atoms with van der Waals surface area (Å²) >= 11 is 5.81. The summed E-state index contributed by atoms with van der Waals surface area (Å²) in [5, 5.41) is 19.5. The van der Waals surface area contributed by atoms with Crippen LogP contribution in [0.3, 0.4) is 0 Å². The number of non-ortho nitro benzene ring substituents is 1. The molecule has 1 aromatic carbocycles. The average Bonchev–Trinajstić information content (AvgIpc) is 2.35.